The normalized spacial score (nSPS) is 17.0. The van der Waals surface area contributed by atoms with Crippen molar-refractivity contribution < 1.29 is 14.3 Å². The molecule has 0 fully saturated rings. The van der Waals surface area contributed by atoms with Gasteiger partial charge in [-0.25, -0.2) is 0 Å². The van der Waals surface area contributed by atoms with Crippen molar-refractivity contribution >= 4 is 13.3 Å². The van der Waals surface area contributed by atoms with E-state index in [1.807, 2.05) is 44.2 Å². The number of rotatable bonds is 9. The van der Waals surface area contributed by atoms with Gasteiger partial charge in [0.1, 0.15) is 0 Å². The summed E-state index contributed by atoms with van der Waals surface area (Å²) in [5.74, 6) is -1.73. The maximum atomic E-state index is 12.5. The minimum Gasteiger partial charge on any atom is -0.369 e. The molecule has 0 spiro atoms. The fourth-order valence-corrected chi connectivity index (χ4v) is 4.23. The first kappa shape index (κ1) is 18.9. The Morgan fingerprint density at radius 3 is 2.36 bits per heavy atom. The molecule has 0 radical (unpaired) electrons. The van der Waals surface area contributed by atoms with E-state index in [2.05, 4.69) is 0 Å². The molecule has 124 valence electrons. The van der Waals surface area contributed by atoms with Crippen LogP contribution in [0.4, 0.5) is 0 Å². The Labute approximate surface area is 132 Å². The second-order valence-electron chi connectivity index (χ2n) is 6.26. The molecule has 1 amide bonds. The molecule has 0 bridgehead atoms. The predicted molar refractivity (Wildman–Crippen MR) is 89.6 cm³/mol. The highest BCUT2D eigenvalue weighted by Gasteiger charge is 2.33. The van der Waals surface area contributed by atoms with E-state index in [1.165, 1.54) is 0 Å². The zero-order chi connectivity index (χ0) is 16.8. The van der Waals surface area contributed by atoms with Gasteiger partial charge < -0.3 is 16.4 Å². The highest BCUT2D eigenvalue weighted by molar-refractivity contribution is 7.58. The molecule has 1 rings (SSSR count). The molecule has 3 atom stereocenters. The van der Waals surface area contributed by atoms with Crippen LogP contribution < -0.4 is 11.5 Å². The zero-order valence-corrected chi connectivity index (χ0v) is 14.2. The predicted octanol–water partition coefficient (Wildman–Crippen LogP) is 2.32. The molecule has 0 aliphatic heterocycles. The number of aryl methyl sites for hydroxylation is 1. The topological polar surface area (TPSA) is 106 Å². The first-order valence-corrected chi connectivity index (χ1v) is 9.54. The molecule has 0 aliphatic rings. The van der Waals surface area contributed by atoms with Crippen LogP contribution >= 0.6 is 7.37 Å². The van der Waals surface area contributed by atoms with Gasteiger partial charge in [-0.1, -0.05) is 44.2 Å². The number of benzene rings is 1. The highest BCUT2D eigenvalue weighted by atomic mass is 31.2. The molecule has 5 N–H and O–H groups in total. The van der Waals surface area contributed by atoms with Crippen LogP contribution in [0.15, 0.2) is 30.3 Å². The van der Waals surface area contributed by atoms with Gasteiger partial charge in [0.05, 0.1) is 5.78 Å². The monoisotopic (exact) mass is 326 g/mol. The number of carbonyl (C=O) groups is 1. The van der Waals surface area contributed by atoms with Crippen molar-refractivity contribution in [2.45, 2.75) is 38.9 Å². The van der Waals surface area contributed by atoms with E-state index in [9.17, 15) is 14.3 Å². The second kappa shape index (κ2) is 8.47. The fourth-order valence-electron chi connectivity index (χ4n) is 2.46. The van der Waals surface area contributed by atoms with Gasteiger partial charge in [-0.05, 0) is 30.7 Å². The van der Waals surface area contributed by atoms with Crippen LogP contribution in [0.5, 0.6) is 0 Å². The molecule has 5 nitrogen and oxygen atoms in total. The molecule has 22 heavy (non-hydrogen) atoms. The Morgan fingerprint density at radius 2 is 1.86 bits per heavy atom. The summed E-state index contributed by atoms with van der Waals surface area (Å²) in [5, 5.41) is 0. The average molecular weight is 326 g/mol. The molecule has 6 heteroatoms. The first-order chi connectivity index (χ1) is 10.2. The molecule has 0 aromatic heterocycles. The van der Waals surface area contributed by atoms with Gasteiger partial charge in [0.25, 0.3) is 0 Å². The summed E-state index contributed by atoms with van der Waals surface area (Å²) in [7, 11) is -3.61. The summed E-state index contributed by atoms with van der Waals surface area (Å²) >= 11 is 0. The van der Waals surface area contributed by atoms with Crippen LogP contribution in [-0.4, -0.2) is 22.7 Å². The van der Waals surface area contributed by atoms with E-state index in [4.69, 9.17) is 11.5 Å². The molecular formula is C16H27N2O3P. The molecule has 0 saturated heterocycles. The third-order valence-corrected chi connectivity index (χ3v) is 5.99. The van der Waals surface area contributed by atoms with Crippen LogP contribution in [0.2, 0.25) is 0 Å². The van der Waals surface area contributed by atoms with Gasteiger partial charge in [0, 0.05) is 12.1 Å². The number of nitrogens with two attached hydrogens (primary N) is 2. The third-order valence-electron chi connectivity index (χ3n) is 3.73. The highest BCUT2D eigenvalue weighted by Crippen LogP contribution is 2.48. The SMILES string of the molecule is CC(C)CC(CP(=O)(O)[C@@H](N)CCc1ccccc1)C(N)=O. The lowest BCUT2D eigenvalue weighted by molar-refractivity contribution is -0.121. The van der Waals surface area contributed by atoms with Crippen molar-refractivity contribution in [3.8, 4) is 0 Å². The molecule has 0 aliphatic carbocycles. The molecule has 2 unspecified atom stereocenters. The molecule has 0 saturated carbocycles. The Hall–Kier alpha value is -1.16. The standard InChI is InChI=1S/C16H27N2O3P/c1-12(2)10-14(16(18)19)11-22(20,21)15(17)9-8-13-6-4-3-5-7-13/h3-7,12,14-15H,8-11,17H2,1-2H3,(H2,18,19)(H,20,21)/t14?,15-/m1/s1. The number of amides is 1. The van der Waals surface area contributed by atoms with Gasteiger partial charge in [-0.15, -0.1) is 0 Å². The van der Waals surface area contributed by atoms with Crippen LogP contribution in [0.3, 0.4) is 0 Å². The smallest absolute Gasteiger partial charge is 0.221 e. The van der Waals surface area contributed by atoms with E-state index >= 15 is 0 Å². The lowest BCUT2D eigenvalue weighted by Crippen LogP contribution is -2.31. The molecule has 1 aromatic carbocycles. The van der Waals surface area contributed by atoms with E-state index < -0.39 is 25.0 Å². The summed E-state index contributed by atoms with van der Waals surface area (Å²) in [6, 6.07) is 9.68. The number of hydrogen-bond donors (Lipinski definition) is 3. The zero-order valence-electron chi connectivity index (χ0n) is 13.3. The fraction of sp³-hybridized carbons (Fsp3) is 0.562. The van der Waals surface area contributed by atoms with Crippen molar-refractivity contribution in [3.05, 3.63) is 35.9 Å². The maximum Gasteiger partial charge on any atom is 0.221 e. The quantitative estimate of drug-likeness (QED) is 0.605. The van der Waals surface area contributed by atoms with Crippen molar-refractivity contribution in [2.75, 3.05) is 6.16 Å². The van der Waals surface area contributed by atoms with Gasteiger partial charge >= 0.3 is 0 Å². The largest absolute Gasteiger partial charge is 0.369 e. The number of hydrogen-bond acceptors (Lipinski definition) is 3. The lowest BCUT2D eigenvalue weighted by atomic mass is 9.98. The Kier molecular flexibility index (Phi) is 7.27. The summed E-state index contributed by atoms with van der Waals surface area (Å²) < 4.78 is 12.5. The van der Waals surface area contributed by atoms with Crippen molar-refractivity contribution in [1.82, 2.24) is 0 Å². The summed E-state index contributed by atoms with van der Waals surface area (Å²) in [6.45, 7) is 3.90. The number of primary amides is 1. The minimum absolute atomic E-state index is 0.129. The van der Waals surface area contributed by atoms with Crippen molar-refractivity contribution in [2.24, 2.45) is 23.3 Å². The van der Waals surface area contributed by atoms with E-state index in [0.717, 1.165) is 5.56 Å². The van der Waals surface area contributed by atoms with Crippen LogP contribution in [0, 0.1) is 11.8 Å². The maximum absolute atomic E-state index is 12.5. The Balaban J connectivity index is 2.63. The third kappa shape index (κ3) is 6.30. The molecule has 1 aromatic rings. The van der Waals surface area contributed by atoms with Gasteiger partial charge in [-0.2, -0.15) is 0 Å². The van der Waals surface area contributed by atoms with Gasteiger partial charge in [0.2, 0.25) is 13.3 Å². The average Bonchev–Trinajstić information content (AvgIpc) is 2.44. The van der Waals surface area contributed by atoms with E-state index in [1.54, 1.807) is 0 Å². The van der Waals surface area contributed by atoms with Crippen molar-refractivity contribution in [1.29, 1.82) is 0 Å². The molecular weight excluding hydrogens is 299 g/mol. The van der Waals surface area contributed by atoms with E-state index in [-0.39, 0.29) is 12.1 Å². The van der Waals surface area contributed by atoms with Gasteiger partial charge in [0.15, 0.2) is 0 Å². The van der Waals surface area contributed by atoms with Crippen LogP contribution in [0.1, 0.15) is 32.3 Å². The van der Waals surface area contributed by atoms with E-state index in [0.29, 0.717) is 19.3 Å². The lowest BCUT2D eigenvalue weighted by Gasteiger charge is -2.24. The Bertz CT molecular complexity index is 519. The summed E-state index contributed by atoms with van der Waals surface area (Å²) in [6.07, 6.45) is 1.42. The van der Waals surface area contributed by atoms with Crippen LogP contribution in [0.25, 0.3) is 0 Å². The molecule has 0 heterocycles. The summed E-state index contributed by atoms with van der Waals surface area (Å²) in [5.41, 5.74) is 12.3. The van der Waals surface area contributed by atoms with Crippen LogP contribution in [-0.2, 0) is 15.8 Å². The minimum atomic E-state index is -3.61. The van der Waals surface area contributed by atoms with Crippen molar-refractivity contribution in [3.63, 3.8) is 0 Å². The number of carbonyl (C=O) groups excluding carboxylic acids is 1. The second-order valence-corrected chi connectivity index (χ2v) is 8.80. The Morgan fingerprint density at radius 1 is 1.27 bits per heavy atom. The summed E-state index contributed by atoms with van der Waals surface area (Å²) in [4.78, 5) is 21.7. The first-order valence-electron chi connectivity index (χ1n) is 7.62. The van der Waals surface area contributed by atoms with Gasteiger partial charge in [-0.3, -0.25) is 9.36 Å².